The van der Waals surface area contributed by atoms with Crippen LogP contribution in [-0.2, 0) is 9.47 Å². The zero-order valence-corrected chi connectivity index (χ0v) is 14.7. The SMILES string of the molecule is O=C(O)c1cccc(OCCCOC2OC(CO)C(O)C(O)C2O)c1C(=O)O. The number of carboxylic acids is 2. The molecule has 0 amide bonds. The summed E-state index contributed by atoms with van der Waals surface area (Å²) in [5.74, 6) is -2.94. The van der Waals surface area contributed by atoms with Crippen molar-refractivity contribution < 1.29 is 54.4 Å². The average Bonchev–Trinajstić information content (AvgIpc) is 2.67. The van der Waals surface area contributed by atoms with Crippen LogP contribution >= 0.6 is 0 Å². The third-order valence-electron chi connectivity index (χ3n) is 4.15. The van der Waals surface area contributed by atoms with E-state index in [1.54, 1.807) is 0 Å². The largest absolute Gasteiger partial charge is 0.493 e. The predicted molar refractivity (Wildman–Crippen MR) is 90.2 cm³/mol. The van der Waals surface area contributed by atoms with Gasteiger partial charge in [0, 0.05) is 6.42 Å². The second kappa shape index (κ2) is 9.78. The molecule has 1 aliphatic heterocycles. The van der Waals surface area contributed by atoms with Crippen LogP contribution in [-0.4, -0.2) is 93.1 Å². The summed E-state index contributed by atoms with van der Waals surface area (Å²) in [6.45, 7) is -0.629. The first kappa shape index (κ1) is 22.0. The fourth-order valence-corrected chi connectivity index (χ4v) is 2.70. The molecular weight excluding hydrogens is 380 g/mol. The van der Waals surface area contributed by atoms with Crippen molar-refractivity contribution in [3.8, 4) is 5.75 Å². The van der Waals surface area contributed by atoms with Crippen molar-refractivity contribution in [2.45, 2.75) is 37.1 Å². The van der Waals surface area contributed by atoms with Crippen LogP contribution in [0.2, 0.25) is 0 Å². The minimum atomic E-state index is -1.55. The van der Waals surface area contributed by atoms with E-state index in [4.69, 9.17) is 24.4 Å². The van der Waals surface area contributed by atoms with E-state index in [0.717, 1.165) is 6.07 Å². The smallest absolute Gasteiger partial charge is 0.340 e. The standard InChI is InChI=1S/C17H22O11/c18-7-10-12(19)13(20)14(21)17(28-10)27-6-2-5-26-9-4-1-3-8(15(22)23)11(9)16(24)25/h1,3-4,10,12-14,17-21H,2,5-7H2,(H,22,23)(H,24,25). The summed E-state index contributed by atoms with van der Waals surface area (Å²) in [5.41, 5.74) is -0.868. The van der Waals surface area contributed by atoms with Crippen LogP contribution < -0.4 is 4.74 Å². The highest BCUT2D eigenvalue weighted by Crippen LogP contribution is 2.24. The molecule has 2 rings (SSSR count). The van der Waals surface area contributed by atoms with Crippen LogP contribution in [0.15, 0.2) is 18.2 Å². The third-order valence-corrected chi connectivity index (χ3v) is 4.15. The normalized spacial score (nSPS) is 27.4. The monoisotopic (exact) mass is 402 g/mol. The maximum absolute atomic E-state index is 11.3. The van der Waals surface area contributed by atoms with Crippen molar-refractivity contribution in [1.29, 1.82) is 0 Å². The lowest BCUT2D eigenvalue weighted by molar-refractivity contribution is -0.301. The number of carbonyl (C=O) groups is 2. The molecule has 156 valence electrons. The van der Waals surface area contributed by atoms with Gasteiger partial charge in [0.15, 0.2) is 6.29 Å². The van der Waals surface area contributed by atoms with Gasteiger partial charge in [-0.15, -0.1) is 0 Å². The summed E-state index contributed by atoms with van der Waals surface area (Å²) in [6, 6.07) is 3.84. The van der Waals surface area contributed by atoms with E-state index in [1.165, 1.54) is 12.1 Å². The molecule has 0 bridgehead atoms. The van der Waals surface area contributed by atoms with Gasteiger partial charge in [-0.05, 0) is 12.1 Å². The Morgan fingerprint density at radius 1 is 1.00 bits per heavy atom. The van der Waals surface area contributed by atoms with Crippen LogP contribution in [0.3, 0.4) is 0 Å². The Balaban J connectivity index is 1.88. The van der Waals surface area contributed by atoms with Gasteiger partial charge in [-0.3, -0.25) is 0 Å². The highest BCUT2D eigenvalue weighted by molar-refractivity contribution is 6.03. The van der Waals surface area contributed by atoms with Crippen molar-refractivity contribution in [2.75, 3.05) is 19.8 Å². The summed E-state index contributed by atoms with van der Waals surface area (Å²) in [7, 11) is 0. The van der Waals surface area contributed by atoms with Crippen molar-refractivity contribution in [3.63, 3.8) is 0 Å². The van der Waals surface area contributed by atoms with Crippen molar-refractivity contribution in [1.82, 2.24) is 0 Å². The zero-order chi connectivity index (χ0) is 20.8. The molecule has 0 spiro atoms. The van der Waals surface area contributed by atoms with Crippen LogP contribution in [0.25, 0.3) is 0 Å². The highest BCUT2D eigenvalue weighted by atomic mass is 16.7. The molecule has 5 unspecified atom stereocenters. The highest BCUT2D eigenvalue weighted by Gasteiger charge is 2.43. The zero-order valence-electron chi connectivity index (χ0n) is 14.7. The Hall–Kier alpha value is -2.28. The lowest BCUT2D eigenvalue weighted by Gasteiger charge is -2.39. The summed E-state index contributed by atoms with van der Waals surface area (Å²) in [4.78, 5) is 22.4. The predicted octanol–water partition coefficient (Wildman–Crippen LogP) is -1.33. The first-order chi connectivity index (χ1) is 13.3. The number of aliphatic hydroxyl groups is 4. The lowest BCUT2D eigenvalue weighted by Crippen LogP contribution is -2.59. The van der Waals surface area contributed by atoms with Crippen LogP contribution in [0.1, 0.15) is 27.1 Å². The van der Waals surface area contributed by atoms with Gasteiger partial charge in [0.2, 0.25) is 0 Å². The molecule has 1 aromatic carbocycles. The van der Waals surface area contributed by atoms with Gasteiger partial charge in [0.05, 0.1) is 25.4 Å². The van der Waals surface area contributed by atoms with Gasteiger partial charge < -0.3 is 44.8 Å². The lowest BCUT2D eigenvalue weighted by atomic mass is 9.99. The number of hydrogen-bond acceptors (Lipinski definition) is 9. The quantitative estimate of drug-likeness (QED) is 0.269. The molecule has 28 heavy (non-hydrogen) atoms. The topological polar surface area (TPSA) is 183 Å². The van der Waals surface area contributed by atoms with E-state index in [0.29, 0.717) is 0 Å². The first-order valence-corrected chi connectivity index (χ1v) is 8.42. The minimum absolute atomic E-state index is 0.0241. The van der Waals surface area contributed by atoms with E-state index in [1.807, 2.05) is 0 Å². The van der Waals surface area contributed by atoms with Gasteiger partial charge in [-0.1, -0.05) is 6.07 Å². The Bertz CT molecular complexity index is 690. The van der Waals surface area contributed by atoms with Gasteiger partial charge in [-0.2, -0.15) is 0 Å². The maximum Gasteiger partial charge on any atom is 0.340 e. The fraction of sp³-hybridized carbons (Fsp3) is 0.529. The summed E-state index contributed by atoms with van der Waals surface area (Å²) < 4.78 is 15.8. The van der Waals surface area contributed by atoms with Crippen molar-refractivity contribution in [3.05, 3.63) is 29.3 Å². The van der Waals surface area contributed by atoms with Crippen LogP contribution in [0, 0.1) is 0 Å². The summed E-state index contributed by atoms with van der Waals surface area (Å²) in [6.07, 6.45) is -6.71. The molecule has 1 saturated heterocycles. The van der Waals surface area contributed by atoms with E-state index in [9.17, 15) is 30.0 Å². The molecule has 1 fully saturated rings. The first-order valence-electron chi connectivity index (χ1n) is 8.42. The third kappa shape index (κ3) is 4.95. The second-order valence-electron chi connectivity index (χ2n) is 6.06. The number of ether oxygens (including phenoxy) is 3. The average molecular weight is 402 g/mol. The Labute approximate surface area is 159 Å². The number of rotatable bonds is 9. The molecule has 0 aromatic heterocycles. The second-order valence-corrected chi connectivity index (χ2v) is 6.06. The number of carboxylic acid groups (broad SMARTS) is 2. The summed E-state index contributed by atoms with van der Waals surface area (Å²) >= 11 is 0. The minimum Gasteiger partial charge on any atom is -0.493 e. The molecule has 1 heterocycles. The van der Waals surface area contributed by atoms with Gasteiger partial charge in [0.1, 0.15) is 35.7 Å². The van der Waals surface area contributed by atoms with Crippen molar-refractivity contribution >= 4 is 11.9 Å². The molecule has 11 heteroatoms. The maximum atomic E-state index is 11.3. The van der Waals surface area contributed by atoms with E-state index < -0.39 is 60.4 Å². The number of benzene rings is 1. The molecule has 1 aliphatic rings. The molecule has 0 aliphatic carbocycles. The van der Waals surface area contributed by atoms with E-state index >= 15 is 0 Å². The molecule has 11 nitrogen and oxygen atoms in total. The Morgan fingerprint density at radius 2 is 1.71 bits per heavy atom. The van der Waals surface area contributed by atoms with E-state index in [-0.39, 0.29) is 25.4 Å². The van der Waals surface area contributed by atoms with Gasteiger partial charge in [-0.25, -0.2) is 9.59 Å². The Morgan fingerprint density at radius 3 is 2.32 bits per heavy atom. The van der Waals surface area contributed by atoms with Crippen molar-refractivity contribution in [2.24, 2.45) is 0 Å². The van der Waals surface area contributed by atoms with Gasteiger partial charge in [0.25, 0.3) is 0 Å². The van der Waals surface area contributed by atoms with Crippen LogP contribution in [0.5, 0.6) is 5.75 Å². The molecular formula is C17H22O11. The molecule has 0 radical (unpaired) electrons. The molecule has 0 saturated carbocycles. The Kier molecular flexibility index (Phi) is 7.69. The number of hydrogen-bond donors (Lipinski definition) is 6. The van der Waals surface area contributed by atoms with Gasteiger partial charge >= 0.3 is 11.9 Å². The fourth-order valence-electron chi connectivity index (χ4n) is 2.70. The van der Waals surface area contributed by atoms with E-state index in [2.05, 4.69) is 0 Å². The molecule has 5 atom stereocenters. The summed E-state index contributed by atoms with van der Waals surface area (Å²) in [5, 5.41) is 56.6. The molecule has 1 aromatic rings. The number of aromatic carboxylic acids is 2. The van der Waals surface area contributed by atoms with Crippen LogP contribution in [0.4, 0.5) is 0 Å². The molecule has 6 N–H and O–H groups in total. The number of aliphatic hydroxyl groups excluding tert-OH is 4.